The monoisotopic (exact) mass is 279 g/mol. The SMILES string of the molecule is Nc1cccc(Br)c1Cn1ncccc1=O. The molecule has 0 amide bonds. The highest BCUT2D eigenvalue weighted by molar-refractivity contribution is 9.10. The predicted octanol–water partition coefficient (Wildman–Crippen LogP) is 1.64. The minimum Gasteiger partial charge on any atom is -0.398 e. The summed E-state index contributed by atoms with van der Waals surface area (Å²) in [5, 5.41) is 3.98. The van der Waals surface area contributed by atoms with Crippen molar-refractivity contribution < 1.29 is 0 Å². The number of hydrogen-bond acceptors (Lipinski definition) is 3. The Morgan fingerprint density at radius 2 is 2.12 bits per heavy atom. The number of halogens is 1. The van der Waals surface area contributed by atoms with E-state index in [9.17, 15) is 4.79 Å². The van der Waals surface area contributed by atoms with Crippen LogP contribution in [0.3, 0.4) is 0 Å². The third-order valence-corrected chi connectivity index (χ3v) is 2.99. The van der Waals surface area contributed by atoms with E-state index in [0.29, 0.717) is 12.2 Å². The van der Waals surface area contributed by atoms with Crippen molar-refractivity contribution in [3.05, 3.63) is 56.9 Å². The Kier molecular flexibility index (Phi) is 3.05. The lowest BCUT2D eigenvalue weighted by Gasteiger charge is -2.08. The summed E-state index contributed by atoms with van der Waals surface area (Å²) in [4.78, 5) is 11.5. The lowest BCUT2D eigenvalue weighted by atomic mass is 10.2. The van der Waals surface area contributed by atoms with Gasteiger partial charge in [0.05, 0.1) is 6.54 Å². The average molecular weight is 280 g/mol. The first-order valence-corrected chi connectivity index (χ1v) is 5.53. The van der Waals surface area contributed by atoms with Gasteiger partial charge in [-0.05, 0) is 18.2 Å². The highest BCUT2D eigenvalue weighted by atomic mass is 79.9. The molecular weight excluding hydrogens is 270 g/mol. The van der Waals surface area contributed by atoms with E-state index in [1.807, 2.05) is 12.1 Å². The maximum atomic E-state index is 11.5. The van der Waals surface area contributed by atoms with Crippen molar-refractivity contribution in [2.45, 2.75) is 6.54 Å². The van der Waals surface area contributed by atoms with Crippen LogP contribution in [0.1, 0.15) is 5.56 Å². The molecule has 1 heterocycles. The molecule has 16 heavy (non-hydrogen) atoms. The normalized spacial score (nSPS) is 10.3. The Balaban J connectivity index is 2.42. The van der Waals surface area contributed by atoms with Crippen LogP contribution in [0.4, 0.5) is 5.69 Å². The van der Waals surface area contributed by atoms with Gasteiger partial charge in [-0.15, -0.1) is 0 Å². The van der Waals surface area contributed by atoms with Crippen molar-refractivity contribution in [2.24, 2.45) is 0 Å². The molecule has 5 heteroatoms. The van der Waals surface area contributed by atoms with Crippen LogP contribution in [-0.2, 0) is 6.54 Å². The lowest BCUT2D eigenvalue weighted by Crippen LogP contribution is -2.22. The highest BCUT2D eigenvalue weighted by Crippen LogP contribution is 2.22. The van der Waals surface area contributed by atoms with Crippen LogP contribution < -0.4 is 11.3 Å². The minimum absolute atomic E-state index is 0.141. The molecule has 0 saturated heterocycles. The lowest BCUT2D eigenvalue weighted by molar-refractivity contribution is 0.638. The van der Waals surface area contributed by atoms with E-state index in [1.54, 1.807) is 18.3 Å². The van der Waals surface area contributed by atoms with Gasteiger partial charge in [0.15, 0.2) is 0 Å². The van der Waals surface area contributed by atoms with Crippen molar-refractivity contribution in [1.82, 2.24) is 9.78 Å². The maximum absolute atomic E-state index is 11.5. The zero-order valence-electron chi connectivity index (χ0n) is 8.43. The van der Waals surface area contributed by atoms with E-state index < -0.39 is 0 Å². The van der Waals surface area contributed by atoms with Gasteiger partial charge in [0.25, 0.3) is 5.56 Å². The second-order valence-electron chi connectivity index (χ2n) is 3.33. The quantitative estimate of drug-likeness (QED) is 0.851. The van der Waals surface area contributed by atoms with Crippen LogP contribution in [0.15, 0.2) is 45.8 Å². The molecule has 0 aliphatic rings. The van der Waals surface area contributed by atoms with Crippen molar-refractivity contribution in [2.75, 3.05) is 5.73 Å². The van der Waals surface area contributed by atoms with E-state index in [1.165, 1.54) is 10.7 Å². The molecule has 2 N–H and O–H groups in total. The summed E-state index contributed by atoms with van der Waals surface area (Å²) in [6, 6.07) is 8.63. The van der Waals surface area contributed by atoms with E-state index in [4.69, 9.17) is 5.73 Å². The molecule has 0 spiro atoms. The number of rotatable bonds is 2. The van der Waals surface area contributed by atoms with E-state index in [-0.39, 0.29) is 5.56 Å². The molecule has 0 fully saturated rings. The number of anilines is 1. The van der Waals surface area contributed by atoms with E-state index in [2.05, 4.69) is 21.0 Å². The fourth-order valence-electron chi connectivity index (χ4n) is 1.40. The highest BCUT2D eigenvalue weighted by Gasteiger charge is 2.06. The third kappa shape index (κ3) is 2.14. The molecule has 82 valence electrons. The topological polar surface area (TPSA) is 60.9 Å². The zero-order valence-corrected chi connectivity index (χ0v) is 10.0. The number of benzene rings is 1. The summed E-state index contributed by atoms with van der Waals surface area (Å²) in [7, 11) is 0. The van der Waals surface area contributed by atoms with Gasteiger partial charge in [-0.1, -0.05) is 22.0 Å². The van der Waals surface area contributed by atoms with Gasteiger partial charge in [-0.3, -0.25) is 4.79 Å². The fourth-order valence-corrected chi connectivity index (χ4v) is 1.90. The molecule has 0 atom stereocenters. The van der Waals surface area contributed by atoms with Crippen LogP contribution in [0.5, 0.6) is 0 Å². The summed E-state index contributed by atoms with van der Waals surface area (Å²) in [6.07, 6.45) is 1.58. The first kappa shape index (κ1) is 10.9. The average Bonchev–Trinajstić information content (AvgIpc) is 2.26. The molecule has 0 radical (unpaired) electrons. The van der Waals surface area contributed by atoms with Gasteiger partial charge in [-0.25, -0.2) is 4.68 Å². The largest absolute Gasteiger partial charge is 0.398 e. The van der Waals surface area contributed by atoms with Gasteiger partial charge in [0.2, 0.25) is 0 Å². The number of nitrogens with zero attached hydrogens (tertiary/aromatic N) is 2. The second-order valence-corrected chi connectivity index (χ2v) is 4.18. The molecule has 4 nitrogen and oxygen atoms in total. The molecule has 0 unspecified atom stereocenters. The maximum Gasteiger partial charge on any atom is 0.267 e. The summed E-state index contributed by atoms with van der Waals surface area (Å²) in [6.45, 7) is 0.368. The van der Waals surface area contributed by atoms with E-state index in [0.717, 1.165) is 10.0 Å². The Morgan fingerprint density at radius 1 is 1.31 bits per heavy atom. The molecule has 0 aliphatic heterocycles. The number of hydrogen-bond donors (Lipinski definition) is 1. The van der Waals surface area contributed by atoms with Crippen molar-refractivity contribution in [3.63, 3.8) is 0 Å². The summed E-state index contributed by atoms with van der Waals surface area (Å²) < 4.78 is 2.25. The van der Waals surface area contributed by atoms with Crippen LogP contribution in [0, 0.1) is 0 Å². The van der Waals surface area contributed by atoms with Gasteiger partial charge in [0, 0.05) is 28.0 Å². The fraction of sp³-hybridized carbons (Fsp3) is 0.0909. The first-order valence-electron chi connectivity index (χ1n) is 4.73. The van der Waals surface area contributed by atoms with Crippen LogP contribution in [-0.4, -0.2) is 9.78 Å². The van der Waals surface area contributed by atoms with Gasteiger partial charge in [0.1, 0.15) is 0 Å². The second kappa shape index (κ2) is 4.49. The predicted molar refractivity (Wildman–Crippen MR) is 66.2 cm³/mol. The standard InChI is InChI=1S/C11H10BrN3O/c12-9-3-1-4-10(13)8(9)7-15-11(16)5-2-6-14-15/h1-6H,7,13H2. The molecule has 0 aliphatic carbocycles. The molecule has 0 bridgehead atoms. The molecular formula is C11H10BrN3O. The molecule has 0 saturated carbocycles. The van der Waals surface area contributed by atoms with Crippen molar-refractivity contribution in [1.29, 1.82) is 0 Å². The Hall–Kier alpha value is -1.62. The minimum atomic E-state index is -0.141. The van der Waals surface area contributed by atoms with Crippen LogP contribution in [0.25, 0.3) is 0 Å². The molecule has 1 aromatic heterocycles. The van der Waals surface area contributed by atoms with Crippen molar-refractivity contribution >= 4 is 21.6 Å². The van der Waals surface area contributed by atoms with E-state index >= 15 is 0 Å². The number of nitrogens with two attached hydrogens (primary N) is 1. The Labute approximate surface area is 101 Å². The zero-order chi connectivity index (χ0) is 11.5. The molecule has 2 rings (SSSR count). The van der Waals surface area contributed by atoms with Gasteiger partial charge in [-0.2, -0.15) is 5.10 Å². The van der Waals surface area contributed by atoms with Gasteiger partial charge < -0.3 is 5.73 Å². The third-order valence-electron chi connectivity index (χ3n) is 2.25. The van der Waals surface area contributed by atoms with Crippen LogP contribution in [0.2, 0.25) is 0 Å². The Bertz CT molecular complexity index is 545. The number of aromatic nitrogens is 2. The summed E-state index contributed by atoms with van der Waals surface area (Å²) in [5.41, 5.74) is 7.21. The molecule has 2 aromatic rings. The summed E-state index contributed by atoms with van der Waals surface area (Å²) in [5.74, 6) is 0. The van der Waals surface area contributed by atoms with Crippen molar-refractivity contribution in [3.8, 4) is 0 Å². The Morgan fingerprint density at radius 3 is 2.81 bits per heavy atom. The summed E-state index contributed by atoms with van der Waals surface area (Å²) >= 11 is 3.41. The van der Waals surface area contributed by atoms with Gasteiger partial charge >= 0.3 is 0 Å². The smallest absolute Gasteiger partial charge is 0.267 e. The van der Waals surface area contributed by atoms with Crippen LogP contribution >= 0.6 is 15.9 Å². The number of nitrogen functional groups attached to an aromatic ring is 1. The molecule has 1 aromatic carbocycles. The first-order chi connectivity index (χ1) is 7.68.